The number of hydrogen-bond donors (Lipinski definition) is 1. The molecule has 1 heterocycles. The van der Waals surface area contributed by atoms with Crippen molar-refractivity contribution < 1.29 is 31.9 Å². The summed E-state index contributed by atoms with van der Waals surface area (Å²) in [5.41, 5.74) is 1.11. The van der Waals surface area contributed by atoms with E-state index in [2.05, 4.69) is 0 Å². The molecule has 1 aliphatic heterocycles. The first-order valence-corrected chi connectivity index (χ1v) is 6.67. The summed E-state index contributed by atoms with van der Waals surface area (Å²) in [7, 11) is 1.42. The summed E-state index contributed by atoms with van der Waals surface area (Å²) in [6.45, 7) is 0.0288. The van der Waals surface area contributed by atoms with Crippen LogP contribution in [0.5, 0.6) is 0 Å². The lowest BCUT2D eigenvalue weighted by atomic mass is 10.0. The number of nitrogens with one attached hydrogen (secondary N) is 1. The number of nitrogens with zero attached hydrogens (tertiary/aromatic N) is 1. The molecule has 0 aromatic heterocycles. The Morgan fingerprint density at radius 1 is 1.39 bits per heavy atom. The number of amides is 2. The van der Waals surface area contributed by atoms with E-state index in [1.165, 1.54) is 30.2 Å². The van der Waals surface area contributed by atoms with Gasteiger partial charge in [-0.3, -0.25) is 14.5 Å². The normalized spacial score (nSPS) is 14.9. The largest absolute Gasteiger partial charge is 0.383 e. The van der Waals surface area contributed by atoms with Crippen LogP contribution in [0.25, 0.3) is 0 Å². The molecule has 0 saturated carbocycles. The summed E-state index contributed by atoms with van der Waals surface area (Å²) in [6.07, 6.45) is -3.54. The summed E-state index contributed by atoms with van der Waals surface area (Å²) >= 11 is 0. The molecule has 0 atom stereocenters. The van der Waals surface area contributed by atoms with Crippen LogP contribution in [0, 0.1) is 0 Å². The Labute approximate surface area is 129 Å². The van der Waals surface area contributed by atoms with Crippen molar-refractivity contribution in [2.75, 3.05) is 24.1 Å². The van der Waals surface area contributed by atoms with Gasteiger partial charge < -0.3 is 10.1 Å². The van der Waals surface area contributed by atoms with E-state index in [-0.39, 0.29) is 24.7 Å². The number of ether oxygens (including phenoxy) is 1. The Balaban J connectivity index is 2.22. The van der Waals surface area contributed by atoms with Crippen molar-refractivity contribution in [1.82, 2.24) is 0 Å². The molecule has 0 fully saturated rings. The Hall–Kier alpha value is -2.16. The number of hydrogen-bond acceptors (Lipinski definition) is 3. The summed E-state index contributed by atoms with van der Waals surface area (Å²) in [5, 5.41) is 1.77. The number of halogens is 4. The molecule has 0 saturated heterocycles. The average Bonchev–Trinajstić information content (AvgIpc) is 2.50. The third-order valence-electron chi connectivity index (χ3n) is 3.37. The summed E-state index contributed by atoms with van der Waals surface area (Å²) in [6, 6.07) is 4.09. The van der Waals surface area contributed by atoms with Crippen molar-refractivity contribution in [1.29, 1.82) is 0 Å². The second kappa shape index (κ2) is 6.53. The molecule has 0 radical (unpaired) electrons. The maximum Gasteiger partial charge on any atom is 0.383 e. The van der Waals surface area contributed by atoms with Crippen LogP contribution in [0.1, 0.15) is 12.0 Å². The fourth-order valence-corrected chi connectivity index (χ4v) is 2.22. The van der Waals surface area contributed by atoms with Crippen molar-refractivity contribution in [3.63, 3.8) is 0 Å². The van der Waals surface area contributed by atoms with E-state index >= 15 is 0 Å². The van der Waals surface area contributed by atoms with Gasteiger partial charge in [0, 0.05) is 24.9 Å². The predicted molar refractivity (Wildman–Crippen MR) is 73.7 cm³/mol. The van der Waals surface area contributed by atoms with Gasteiger partial charge in [0.25, 0.3) is 0 Å². The molecule has 0 bridgehead atoms. The molecule has 0 unspecified atom stereocenters. The molecule has 0 aliphatic carbocycles. The zero-order chi connectivity index (χ0) is 17.2. The molecule has 9 heteroatoms. The van der Waals surface area contributed by atoms with Gasteiger partial charge in [-0.1, -0.05) is 0 Å². The van der Waals surface area contributed by atoms with Gasteiger partial charge in [0.2, 0.25) is 5.91 Å². The summed E-state index contributed by atoms with van der Waals surface area (Å²) < 4.78 is 55.1. The number of benzene rings is 1. The van der Waals surface area contributed by atoms with Crippen LogP contribution in [0.3, 0.4) is 0 Å². The molecule has 1 aromatic carbocycles. The number of aryl methyl sites for hydroxylation is 1. The van der Waals surface area contributed by atoms with E-state index in [0.29, 0.717) is 17.7 Å². The van der Waals surface area contributed by atoms with E-state index in [9.17, 15) is 27.2 Å². The SMILES string of the molecule is COCN1C(=O)CCc2cc(NC(=O)C(F)(F)C(F)F)ccc21. The molecule has 1 aromatic rings. The van der Waals surface area contributed by atoms with Crippen molar-refractivity contribution in [2.45, 2.75) is 25.2 Å². The molecule has 5 nitrogen and oxygen atoms in total. The van der Waals surface area contributed by atoms with Crippen molar-refractivity contribution in [3.05, 3.63) is 23.8 Å². The van der Waals surface area contributed by atoms with E-state index < -0.39 is 18.3 Å². The van der Waals surface area contributed by atoms with Crippen LogP contribution >= 0.6 is 0 Å². The number of methoxy groups -OCH3 is 1. The first-order valence-electron chi connectivity index (χ1n) is 6.67. The molecule has 1 aliphatic rings. The molecule has 2 rings (SSSR count). The van der Waals surface area contributed by atoms with Crippen molar-refractivity contribution in [2.24, 2.45) is 0 Å². The van der Waals surface area contributed by atoms with E-state index in [1.807, 2.05) is 0 Å². The van der Waals surface area contributed by atoms with Gasteiger partial charge in [-0.15, -0.1) is 0 Å². The van der Waals surface area contributed by atoms with Gasteiger partial charge in [0.05, 0.1) is 0 Å². The monoisotopic (exact) mass is 334 g/mol. The van der Waals surface area contributed by atoms with E-state index in [1.54, 1.807) is 5.32 Å². The zero-order valence-corrected chi connectivity index (χ0v) is 12.1. The molecule has 1 N–H and O–H groups in total. The molecular formula is C14H14F4N2O3. The molecule has 23 heavy (non-hydrogen) atoms. The number of fused-ring (bicyclic) bond motifs is 1. The average molecular weight is 334 g/mol. The van der Waals surface area contributed by atoms with Gasteiger partial charge in [-0.25, -0.2) is 8.78 Å². The Morgan fingerprint density at radius 3 is 2.70 bits per heavy atom. The van der Waals surface area contributed by atoms with Crippen LogP contribution in [0.4, 0.5) is 28.9 Å². The molecule has 0 spiro atoms. The maximum atomic E-state index is 12.9. The summed E-state index contributed by atoms with van der Waals surface area (Å²) in [4.78, 5) is 24.4. The number of rotatable bonds is 5. The lowest BCUT2D eigenvalue weighted by Gasteiger charge is -2.29. The number of alkyl halides is 4. The van der Waals surface area contributed by atoms with Crippen LogP contribution in [-0.4, -0.2) is 38.0 Å². The van der Waals surface area contributed by atoms with Gasteiger partial charge >= 0.3 is 18.3 Å². The minimum absolute atomic E-state index is 0.0288. The number of carbonyl (C=O) groups excluding carboxylic acids is 2. The van der Waals surface area contributed by atoms with Crippen LogP contribution in [-0.2, 0) is 20.7 Å². The summed E-state index contributed by atoms with van der Waals surface area (Å²) in [5.74, 6) is -7.00. The van der Waals surface area contributed by atoms with Gasteiger partial charge in [-0.05, 0) is 30.2 Å². The third kappa shape index (κ3) is 3.44. The highest BCUT2D eigenvalue weighted by atomic mass is 19.3. The lowest BCUT2D eigenvalue weighted by molar-refractivity contribution is -0.163. The smallest absolute Gasteiger partial charge is 0.364 e. The van der Waals surface area contributed by atoms with Gasteiger partial charge in [0.1, 0.15) is 6.73 Å². The third-order valence-corrected chi connectivity index (χ3v) is 3.37. The Morgan fingerprint density at radius 2 is 2.09 bits per heavy atom. The van der Waals surface area contributed by atoms with Crippen LogP contribution < -0.4 is 10.2 Å². The highest BCUT2D eigenvalue weighted by molar-refractivity contribution is 5.99. The molecule has 2 amide bonds. The Bertz CT molecular complexity index is 622. The highest BCUT2D eigenvalue weighted by Gasteiger charge is 2.49. The Kier molecular flexibility index (Phi) is 4.88. The maximum absolute atomic E-state index is 12.9. The number of carbonyl (C=O) groups is 2. The second-order valence-corrected chi connectivity index (χ2v) is 4.96. The van der Waals surface area contributed by atoms with E-state index in [4.69, 9.17) is 4.74 Å². The molecular weight excluding hydrogens is 320 g/mol. The fraction of sp³-hybridized carbons (Fsp3) is 0.429. The number of anilines is 2. The highest BCUT2D eigenvalue weighted by Crippen LogP contribution is 2.31. The van der Waals surface area contributed by atoms with Crippen LogP contribution in [0.15, 0.2) is 18.2 Å². The van der Waals surface area contributed by atoms with Gasteiger partial charge in [-0.2, -0.15) is 8.78 Å². The second-order valence-electron chi connectivity index (χ2n) is 4.96. The first kappa shape index (κ1) is 17.2. The van der Waals surface area contributed by atoms with Crippen molar-refractivity contribution >= 4 is 23.2 Å². The standard InChI is InChI=1S/C14H14F4N2O3/c1-23-7-20-10-4-3-9(6-8(10)2-5-11(20)21)19-13(22)14(17,18)12(15)16/h3-4,6,12H,2,5,7H2,1H3,(H,19,22). The fourth-order valence-electron chi connectivity index (χ4n) is 2.22. The minimum Gasteiger partial charge on any atom is -0.364 e. The lowest BCUT2D eigenvalue weighted by Crippen LogP contribution is -2.41. The first-order chi connectivity index (χ1) is 10.8. The quantitative estimate of drug-likeness (QED) is 0.842. The van der Waals surface area contributed by atoms with Gasteiger partial charge in [0.15, 0.2) is 0 Å². The minimum atomic E-state index is -4.77. The van der Waals surface area contributed by atoms with E-state index in [0.717, 1.165) is 0 Å². The topological polar surface area (TPSA) is 58.6 Å². The van der Waals surface area contributed by atoms with Crippen LogP contribution in [0.2, 0.25) is 0 Å². The van der Waals surface area contributed by atoms with Crippen molar-refractivity contribution in [3.8, 4) is 0 Å². The zero-order valence-electron chi connectivity index (χ0n) is 12.1. The predicted octanol–water partition coefficient (Wildman–Crippen LogP) is 2.41. The molecule has 126 valence electrons.